The molecule has 2 N–H and O–H groups in total. The second-order valence-corrected chi connectivity index (χ2v) is 2.37. The van der Waals surface area contributed by atoms with E-state index in [1.807, 2.05) is 13.8 Å². The van der Waals surface area contributed by atoms with Gasteiger partial charge in [-0.05, 0) is 13.8 Å². The standard InChI is InChI=1S/C7H14N2O3/c1-3-11-5-6(12-4-2)9-7(10)8-5/h5-6H,3-4H2,1-2H3,(H2,8,9,10). The summed E-state index contributed by atoms with van der Waals surface area (Å²) in [6.07, 6.45) is -0.718. The second-order valence-electron chi connectivity index (χ2n) is 2.37. The number of ether oxygens (including phenoxy) is 2. The number of hydrogen-bond acceptors (Lipinski definition) is 3. The molecule has 0 aliphatic carbocycles. The van der Waals surface area contributed by atoms with Crippen molar-refractivity contribution in [2.24, 2.45) is 0 Å². The van der Waals surface area contributed by atoms with Crippen LogP contribution in [0.25, 0.3) is 0 Å². The molecule has 5 heteroatoms. The molecular formula is C7H14N2O3. The lowest BCUT2D eigenvalue weighted by Crippen LogP contribution is -2.38. The quantitative estimate of drug-likeness (QED) is 0.632. The minimum atomic E-state index is -0.359. The molecule has 1 aliphatic rings. The van der Waals surface area contributed by atoms with E-state index in [1.54, 1.807) is 0 Å². The molecule has 1 saturated heterocycles. The summed E-state index contributed by atoms with van der Waals surface area (Å²) in [5, 5.41) is 5.18. The van der Waals surface area contributed by atoms with E-state index in [1.165, 1.54) is 0 Å². The summed E-state index contributed by atoms with van der Waals surface area (Å²) < 4.78 is 10.4. The molecule has 0 aromatic carbocycles. The van der Waals surface area contributed by atoms with Gasteiger partial charge in [-0.2, -0.15) is 0 Å². The van der Waals surface area contributed by atoms with Gasteiger partial charge in [-0.25, -0.2) is 4.79 Å². The highest BCUT2D eigenvalue weighted by Gasteiger charge is 2.32. The van der Waals surface area contributed by atoms with Crippen LogP contribution in [0.2, 0.25) is 0 Å². The Morgan fingerprint density at radius 2 is 1.58 bits per heavy atom. The van der Waals surface area contributed by atoms with Crippen molar-refractivity contribution >= 4 is 6.03 Å². The average Bonchev–Trinajstić information content (AvgIpc) is 2.33. The van der Waals surface area contributed by atoms with Crippen molar-refractivity contribution in [3.8, 4) is 0 Å². The summed E-state index contributed by atoms with van der Waals surface area (Å²) in [5.41, 5.74) is 0. The van der Waals surface area contributed by atoms with E-state index in [9.17, 15) is 4.79 Å². The molecule has 2 amide bonds. The minimum Gasteiger partial charge on any atom is -0.354 e. The van der Waals surface area contributed by atoms with Crippen LogP contribution in [0.5, 0.6) is 0 Å². The molecule has 0 aromatic rings. The van der Waals surface area contributed by atoms with Crippen LogP contribution in [0, 0.1) is 0 Å². The normalized spacial score (nSPS) is 28.3. The fourth-order valence-electron chi connectivity index (χ4n) is 1.07. The molecule has 0 spiro atoms. The number of hydrogen-bond donors (Lipinski definition) is 2. The van der Waals surface area contributed by atoms with Gasteiger partial charge in [0.1, 0.15) is 0 Å². The van der Waals surface area contributed by atoms with E-state index < -0.39 is 0 Å². The first kappa shape index (κ1) is 9.28. The third kappa shape index (κ3) is 2.09. The van der Waals surface area contributed by atoms with Crippen molar-refractivity contribution in [2.75, 3.05) is 13.2 Å². The van der Waals surface area contributed by atoms with Crippen LogP contribution in [-0.4, -0.2) is 31.7 Å². The fraction of sp³-hybridized carbons (Fsp3) is 0.857. The molecule has 1 heterocycles. The van der Waals surface area contributed by atoms with E-state index in [2.05, 4.69) is 10.6 Å². The van der Waals surface area contributed by atoms with Gasteiger partial charge in [0.25, 0.3) is 0 Å². The summed E-state index contributed by atoms with van der Waals surface area (Å²) in [7, 11) is 0. The van der Waals surface area contributed by atoms with E-state index in [0.717, 1.165) is 0 Å². The lowest BCUT2D eigenvalue weighted by atomic mass is 10.5. The van der Waals surface area contributed by atoms with Gasteiger partial charge in [0.05, 0.1) is 0 Å². The van der Waals surface area contributed by atoms with Crippen LogP contribution >= 0.6 is 0 Å². The topological polar surface area (TPSA) is 59.6 Å². The highest BCUT2D eigenvalue weighted by molar-refractivity contribution is 5.76. The average molecular weight is 174 g/mol. The molecule has 70 valence electrons. The van der Waals surface area contributed by atoms with Crippen LogP contribution in [0.3, 0.4) is 0 Å². The number of rotatable bonds is 4. The zero-order chi connectivity index (χ0) is 8.97. The molecule has 1 rings (SSSR count). The predicted molar refractivity (Wildman–Crippen MR) is 42.5 cm³/mol. The molecule has 5 nitrogen and oxygen atoms in total. The number of nitrogens with one attached hydrogen (secondary N) is 2. The van der Waals surface area contributed by atoms with E-state index >= 15 is 0 Å². The monoisotopic (exact) mass is 174 g/mol. The molecule has 2 atom stereocenters. The summed E-state index contributed by atoms with van der Waals surface area (Å²) in [6.45, 7) is 4.84. The fourth-order valence-corrected chi connectivity index (χ4v) is 1.07. The maximum Gasteiger partial charge on any atom is 0.319 e. The van der Waals surface area contributed by atoms with Crippen molar-refractivity contribution in [1.29, 1.82) is 0 Å². The molecule has 0 saturated carbocycles. The molecular weight excluding hydrogens is 160 g/mol. The number of urea groups is 1. The van der Waals surface area contributed by atoms with Crippen LogP contribution in [0.15, 0.2) is 0 Å². The molecule has 1 aliphatic heterocycles. The van der Waals surface area contributed by atoms with E-state index in [4.69, 9.17) is 9.47 Å². The molecule has 0 radical (unpaired) electrons. The maximum atomic E-state index is 10.8. The maximum absolute atomic E-state index is 10.8. The lowest BCUT2D eigenvalue weighted by Gasteiger charge is -2.17. The number of amides is 2. The van der Waals surface area contributed by atoms with Gasteiger partial charge < -0.3 is 20.1 Å². The van der Waals surface area contributed by atoms with Crippen molar-refractivity contribution in [3.05, 3.63) is 0 Å². The number of carbonyl (C=O) groups is 1. The van der Waals surface area contributed by atoms with Crippen LogP contribution in [0.4, 0.5) is 4.79 Å². The van der Waals surface area contributed by atoms with Gasteiger partial charge in [-0.3, -0.25) is 0 Å². The Balaban J connectivity index is 2.41. The number of carbonyl (C=O) groups excluding carboxylic acids is 1. The van der Waals surface area contributed by atoms with Gasteiger partial charge >= 0.3 is 6.03 Å². The van der Waals surface area contributed by atoms with Crippen molar-refractivity contribution in [2.45, 2.75) is 26.3 Å². The highest BCUT2D eigenvalue weighted by Crippen LogP contribution is 2.04. The largest absolute Gasteiger partial charge is 0.354 e. The molecule has 2 unspecified atom stereocenters. The Hall–Kier alpha value is -0.810. The lowest BCUT2D eigenvalue weighted by molar-refractivity contribution is -0.0657. The van der Waals surface area contributed by atoms with Crippen molar-refractivity contribution in [3.63, 3.8) is 0 Å². The van der Waals surface area contributed by atoms with Crippen molar-refractivity contribution in [1.82, 2.24) is 10.6 Å². The first-order valence-electron chi connectivity index (χ1n) is 4.08. The SMILES string of the molecule is CCOC1NC(=O)NC1OCC. The van der Waals surface area contributed by atoms with Crippen LogP contribution < -0.4 is 10.6 Å². The Morgan fingerprint density at radius 1 is 1.17 bits per heavy atom. The molecule has 1 fully saturated rings. The van der Waals surface area contributed by atoms with E-state index in [-0.39, 0.29) is 18.5 Å². The summed E-state index contributed by atoms with van der Waals surface area (Å²) >= 11 is 0. The first-order valence-corrected chi connectivity index (χ1v) is 4.08. The Labute approximate surface area is 71.4 Å². The van der Waals surface area contributed by atoms with Gasteiger partial charge in [0.15, 0.2) is 12.5 Å². The predicted octanol–water partition coefficient (Wildman–Crippen LogP) is 0.0244. The smallest absolute Gasteiger partial charge is 0.319 e. The third-order valence-electron chi connectivity index (χ3n) is 1.51. The molecule has 0 bridgehead atoms. The summed E-state index contributed by atoms with van der Waals surface area (Å²) in [5.74, 6) is 0. The highest BCUT2D eigenvalue weighted by atomic mass is 16.6. The first-order chi connectivity index (χ1) is 5.77. The summed E-state index contributed by atoms with van der Waals surface area (Å²) in [4.78, 5) is 10.8. The second kappa shape index (κ2) is 4.27. The van der Waals surface area contributed by atoms with Crippen LogP contribution in [-0.2, 0) is 9.47 Å². The van der Waals surface area contributed by atoms with Gasteiger partial charge in [0, 0.05) is 13.2 Å². The van der Waals surface area contributed by atoms with Crippen molar-refractivity contribution < 1.29 is 14.3 Å². The van der Waals surface area contributed by atoms with Gasteiger partial charge in [0.2, 0.25) is 0 Å². The Morgan fingerprint density at radius 3 is 1.92 bits per heavy atom. The Bertz CT molecular complexity index is 147. The third-order valence-corrected chi connectivity index (χ3v) is 1.51. The minimum absolute atomic E-state index is 0.244. The van der Waals surface area contributed by atoms with Gasteiger partial charge in [-0.1, -0.05) is 0 Å². The van der Waals surface area contributed by atoms with Crippen LogP contribution in [0.1, 0.15) is 13.8 Å². The molecule has 0 aromatic heterocycles. The summed E-state index contributed by atoms with van der Waals surface area (Å²) in [6, 6.07) is -0.244. The van der Waals surface area contributed by atoms with E-state index in [0.29, 0.717) is 13.2 Å². The zero-order valence-electron chi connectivity index (χ0n) is 7.29. The Kier molecular flexibility index (Phi) is 3.31. The zero-order valence-corrected chi connectivity index (χ0v) is 7.29. The van der Waals surface area contributed by atoms with Gasteiger partial charge in [-0.15, -0.1) is 0 Å². The molecule has 12 heavy (non-hydrogen) atoms.